The molecule has 0 bridgehead atoms. The van der Waals surface area contributed by atoms with Crippen LogP contribution in [0.25, 0.3) is 0 Å². The van der Waals surface area contributed by atoms with Gasteiger partial charge in [0, 0.05) is 19.3 Å². The van der Waals surface area contributed by atoms with Crippen LogP contribution in [0.4, 0.5) is 0 Å². The largest absolute Gasteiger partial charge is 0.462 e. The van der Waals surface area contributed by atoms with Crippen LogP contribution in [0.2, 0.25) is 0 Å². The minimum atomic E-state index is -0.815. The van der Waals surface area contributed by atoms with Crippen molar-refractivity contribution in [2.24, 2.45) is 0 Å². The molecule has 0 saturated heterocycles. The molecule has 0 aliphatic carbocycles. The summed E-state index contributed by atoms with van der Waals surface area (Å²) in [6.45, 7) is 6.41. The van der Waals surface area contributed by atoms with Crippen LogP contribution >= 0.6 is 0 Å². The number of carbonyl (C=O) groups excluding carboxylic acids is 3. The smallest absolute Gasteiger partial charge is 0.306 e. The highest BCUT2D eigenvalue weighted by Crippen LogP contribution is 2.13. The lowest BCUT2D eigenvalue weighted by atomic mass is 10.1. The van der Waals surface area contributed by atoms with E-state index < -0.39 is 6.10 Å². The number of carbonyl (C=O) groups is 3. The molecule has 74 heavy (non-hydrogen) atoms. The maximum Gasteiger partial charge on any atom is 0.306 e. The van der Waals surface area contributed by atoms with Crippen LogP contribution < -0.4 is 0 Å². The Kier molecular flexibility index (Phi) is 57.4. The molecule has 0 aromatic carbocycles. The third kappa shape index (κ3) is 58.4. The van der Waals surface area contributed by atoms with Gasteiger partial charge in [-0.25, -0.2) is 0 Å². The quantitative estimate of drug-likeness (QED) is 0.0261. The zero-order chi connectivity index (χ0) is 53.6. The number of hydrogen-bond donors (Lipinski definition) is 0. The second-order valence-corrected chi connectivity index (χ2v) is 19.5. The van der Waals surface area contributed by atoms with Gasteiger partial charge in [-0.3, -0.25) is 14.4 Å². The van der Waals surface area contributed by atoms with Gasteiger partial charge < -0.3 is 14.2 Å². The molecular formula is C68H110O6. The van der Waals surface area contributed by atoms with Crippen molar-refractivity contribution in [3.63, 3.8) is 0 Å². The zero-order valence-corrected chi connectivity index (χ0v) is 47.8. The Labute approximate surface area is 455 Å². The second-order valence-electron chi connectivity index (χ2n) is 19.5. The normalized spacial score (nSPS) is 13.1. The lowest BCUT2D eigenvalue weighted by Gasteiger charge is -2.18. The van der Waals surface area contributed by atoms with Gasteiger partial charge in [0.1, 0.15) is 13.2 Å². The van der Waals surface area contributed by atoms with Gasteiger partial charge in [-0.2, -0.15) is 0 Å². The fourth-order valence-corrected chi connectivity index (χ4v) is 7.82. The van der Waals surface area contributed by atoms with E-state index in [-0.39, 0.29) is 31.1 Å². The van der Waals surface area contributed by atoms with E-state index in [1.165, 1.54) is 70.6 Å². The average Bonchev–Trinajstić information content (AvgIpc) is 3.40. The second kappa shape index (κ2) is 61.1. The molecule has 1 atom stereocenters. The molecule has 1 unspecified atom stereocenters. The maximum atomic E-state index is 12.9. The van der Waals surface area contributed by atoms with Crippen LogP contribution in [0.1, 0.15) is 258 Å². The molecule has 0 fully saturated rings. The summed E-state index contributed by atoms with van der Waals surface area (Å²) in [5.41, 5.74) is 0. The zero-order valence-electron chi connectivity index (χ0n) is 47.8. The fraction of sp³-hybridized carbons (Fsp3) is 0.632. The molecule has 0 aliphatic heterocycles. The third-order valence-electron chi connectivity index (χ3n) is 12.4. The average molecular weight is 1020 g/mol. The minimum absolute atomic E-state index is 0.109. The molecule has 6 heteroatoms. The van der Waals surface area contributed by atoms with E-state index in [9.17, 15) is 14.4 Å². The van der Waals surface area contributed by atoms with E-state index in [1.807, 2.05) is 0 Å². The van der Waals surface area contributed by atoms with Crippen LogP contribution in [-0.2, 0) is 28.6 Å². The third-order valence-corrected chi connectivity index (χ3v) is 12.4. The first kappa shape index (κ1) is 69.5. The molecular weight excluding hydrogens is 913 g/mol. The van der Waals surface area contributed by atoms with Gasteiger partial charge in [0.05, 0.1) is 0 Å². The summed E-state index contributed by atoms with van der Waals surface area (Å²) in [7, 11) is 0. The monoisotopic (exact) mass is 1020 g/mol. The van der Waals surface area contributed by atoms with Gasteiger partial charge in [0.15, 0.2) is 6.10 Å². The van der Waals surface area contributed by atoms with Gasteiger partial charge in [-0.1, -0.05) is 238 Å². The van der Waals surface area contributed by atoms with Crippen molar-refractivity contribution >= 4 is 17.9 Å². The highest BCUT2D eigenvalue weighted by Gasteiger charge is 2.19. The first-order valence-electron chi connectivity index (χ1n) is 30.2. The summed E-state index contributed by atoms with van der Waals surface area (Å²) >= 11 is 0. The highest BCUT2D eigenvalue weighted by atomic mass is 16.6. The van der Waals surface area contributed by atoms with Crippen LogP contribution in [-0.4, -0.2) is 37.2 Å². The van der Waals surface area contributed by atoms with Gasteiger partial charge in [0.25, 0.3) is 0 Å². The molecule has 0 rings (SSSR count). The number of ether oxygens (including phenoxy) is 3. The SMILES string of the molecule is CC/C=C\C/C=C\C/C=C\C/C=C\C/C=C\C/C=C\CCCCC(=O)OCC(COC(=O)CCCCCCC/C=C\C/C=C\CCCC)OC(=O)CCCCCCCC/C=C\C/C=C\C/C=C\CCCCCCC. The van der Waals surface area contributed by atoms with Crippen LogP contribution in [0.15, 0.2) is 134 Å². The summed E-state index contributed by atoms with van der Waals surface area (Å²) in [5, 5.41) is 0. The Hall–Kier alpha value is -4.45. The van der Waals surface area contributed by atoms with Crippen molar-refractivity contribution in [2.45, 2.75) is 264 Å². The standard InChI is InChI=1S/C68H110O6/c1-4-7-10-13-16-19-22-25-28-30-32-34-36-38-40-43-46-49-52-55-58-61-67(70)73-64-65(63-72-66(69)60-57-54-51-48-45-42-27-24-21-18-15-12-9-6-3)74-68(71)62-59-56-53-50-47-44-41-39-37-35-33-31-29-26-23-20-17-14-11-8-5-2/h7,10,15-16,18-19,23-28,31-34,37-40,46,49,65H,4-6,8-9,11-14,17,20-22,29-30,35-36,41-45,47-48,50-64H2,1-3H3/b10-7-,18-15-,19-16-,26-23-,27-24-,28-25-,33-31-,34-32-,39-37-,40-38-,49-46-. The topological polar surface area (TPSA) is 78.9 Å². The summed E-state index contributed by atoms with van der Waals surface area (Å²) < 4.78 is 16.8. The Bertz CT molecular complexity index is 1600. The maximum absolute atomic E-state index is 12.9. The van der Waals surface area contributed by atoms with Crippen molar-refractivity contribution in [3.8, 4) is 0 Å². The van der Waals surface area contributed by atoms with Crippen molar-refractivity contribution in [1.82, 2.24) is 0 Å². The fourth-order valence-electron chi connectivity index (χ4n) is 7.82. The van der Waals surface area contributed by atoms with Crippen LogP contribution in [0.5, 0.6) is 0 Å². The highest BCUT2D eigenvalue weighted by molar-refractivity contribution is 5.71. The number of esters is 3. The lowest BCUT2D eigenvalue weighted by molar-refractivity contribution is -0.167. The van der Waals surface area contributed by atoms with Gasteiger partial charge in [-0.05, 0) is 135 Å². The summed E-state index contributed by atoms with van der Waals surface area (Å²) in [6.07, 6.45) is 85.8. The van der Waals surface area contributed by atoms with Crippen molar-refractivity contribution in [2.75, 3.05) is 13.2 Å². The van der Waals surface area contributed by atoms with E-state index in [2.05, 4.69) is 154 Å². The first-order chi connectivity index (χ1) is 36.5. The van der Waals surface area contributed by atoms with E-state index in [4.69, 9.17) is 14.2 Å². The van der Waals surface area contributed by atoms with Crippen molar-refractivity contribution in [1.29, 1.82) is 0 Å². The van der Waals surface area contributed by atoms with Gasteiger partial charge in [-0.15, -0.1) is 0 Å². The van der Waals surface area contributed by atoms with E-state index in [0.717, 1.165) is 141 Å². The van der Waals surface area contributed by atoms with E-state index in [1.54, 1.807) is 0 Å². The van der Waals surface area contributed by atoms with Crippen molar-refractivity contribution in [3.05, 3.63) is 134 Å². The number of allylic oxidation sites excluding steroid dienone is 22. The van der Waals surface area contributed by atoms with Gasteiger partial charge >= 0.3 is 17.9 Å². The summed E-state index contributed by atoms with van der Waals surface area (Å²) in [4.78, 5) is 38.2. The van der Waals surface area contributed by atoms with Crippen LogP contribution in [0, 0.1) is 0 Å². The molecule has 0 spiro atoms. The Balaban J connectivity index is 4.52. The Morgan fingerprint density at radius 1 is 0.284 bits per heavy atom. The number of rotatable bonds is 53. The Morgan fingerprint density at radius 2 is 0.541 bits per heavy atom. The first-order valence-corrected chi connectivity index (χ1v) is 30.2. The molecule has 6 nitrogen and oxygen atoms in total. The predicted octanol–water partition coefficient (Wildman–Crippen LogP) is 20.6. The summed E-state index contributed by atoms with van der Waals surface area (Å²) in [6, 6.07) is 0. The molecule has 0 N–H and O–H groups in total. The van der Waals surface area contributed by atoms with Crippen molar-refractivity contribution < 1.29 is 28.6 Å². The Morgan fingerprint density at radius 3 is 0.892 bits per heavy atom. The van der Waals surface area contributed by atoms with Gasteiger partial charge in [0.2, 0.25) is 0 Å². The number of hydrogen-bond acceptors (Lipinski definition) is 6. The lowest BCUT2D eigenvalue weighted by Crippen LogP contribution is -2.30. The molecule has 0 radical (unpaired) electrons. The molecule has 418 valence electrons. The summed E-state index contributed by atoms with van der Waals surface area (Å²) in [5.74, 6) is -0.981. The molecule has 0 aromatic rings. The predicted molar refractivity (Wildman–Crippen MR) is 320 cm³/mol. The minimum Gasteiger partial charge on any atom is -0.462 e. The number of unbranched alkanes of at least 4 members (excludes halogenated alkanes) is 20. The molecule has 0 heterocycles. The van der Waals surface area contributed by atoms with E-state index >= 15 is 0 Å². The molecule has 0 amide bonds. The molecule has 0 saturated carbocycles. The molecule has 0 aromatic heterocycles. The molecule has 0 aliphatic rings. The van der Waals surface area contributed by atoms with Crippen LogP contribution in [0.3, 0.4) is 0 Å². The van der Waals surface area contributed by atoms with E-state index in [0.29, 0.717) is 25.7 Å².